The number of hydrogen-bond acceptors (Lipinski definition) is 6. The topological polar surface area (TPSA) is 65.6 Å². The Bertz CT molecular complexity index is 1290. The second-order valence-corrected chi connectivity index (χ2v) is 13.5. The molecule has 2 amide bonds. The Labute approximate surface area is 292 Å². The average molecular weight is 690 g/mol. The Balaban J connectivity index is 1.21. The maximum absolute atomic E-state index is 13.1. The Morgan fingerprint density at radius 2 is 1.64 bits per heavy atom. The first kappa shape index (κ1) is 37.1. The van der Waals surface area contributed by atoms with Crippen LogP contribution in [0, 0.1) is 0 Å². The minimum absolute atomic E-state index is 0.0391. The fourth-order valence-electron chi connectivity index (χ4n) is 6.45. The summed E-state index contributed by atoms with van der Waals surface area (Å²) in [5.74, 6) is 0.686. The lowest BCUT2D eigenvalue weighted by atomic mass is 10.0. The van der Waals surface area contributed by atoms with Crippen molar-refractivity contribution in [2.75, 3.05) is 62.2 Å². The molecule has 0 spiro atoms. The minimum Gasteiger partial charge on any atom is -0.494 e. The number of rotatable bonds is 18. The number of halogens is 2. The van der Waals surface area contributed by atoms with E-state index in [1.54, 1.807) is 16.7 Å². The highest BCUT2D eigenvalue weighted by atomic mass is 35.5. The Hall–Kier alpha value is -2.68. The summed E-state index contributed by atoms with van der Waals surface area (Å²) in [7, 11) is 0. The Kier molecular flexibility index (Phi) is 15.3. The van der Waals surface area contributed by atoms with Crippen LogP contribution in [0.15, 0.2) is 36.4 Å². The zero-order chi connectivity index (χ0) is 33.6. The van der Waals surface area contributed by atoms with Gasteiger partial charge in [0.25, 0.3) is 0 Å². The van der Waals surface area contributed by atoms with Gasteiger partial charge in [-0.2, -0.15) is 0 Å². The zero-order valence-corrected chi connectivity index (χ0v) is 30.2. The highest BCUT2D eigenvalue weighted by Crippen LogP contribution is 2.34. The van der Waals surface area contributed by atoms with Crippen LogP contribution in [0.3, 0.4) is 0 Å². The van der Waals surface area contributed by atoms with E-state index in [0.29, 0.717) is 42.6 Å². The molecule has 0 N–H and O–H groups in total. The number of carbonyl (C=O) groups is 2. The number of piperazine rings is 1. The maximum Gasteiger partial charge on any atom is 0.411 e. The smallest absolute Gasteiger partial charge is 0.411 e. The predicted octanol–water partition coefficient (Wildman–Crippen LogP) is 8.81. The molecule has 2 aromatic rings. The van der Waals surface area contributed by atoms with E-state index in [0.717, 1.165) is 81.1 Å². The molecule has 260 valence electrons. The molecule has 2 aromatic carbocycles. The number of hydrogen-bond donors (Lipinski definition) is 0. The molecule has 0 saturated carbocycles. The van der Waals surface area contributed by atoms with Crippen LogP contribution in [-0.2, 0) is 16.0 Å². The molecule has 0 aromatic heterocycles. The molecule has 4 rings (SSSR count). The van der Waals surface area contributed by atoms with Crippen molar-refractivity contribution in [2.24, 2.45) is 0 Å². The summed E-state index contributed by atoms with van der Waals surface area (Å²) in [6, 6.07) is 11.7. The second kappa shape index (κ2) is 19.4. The van der Waals surface area contributed by atoms with Crippen molar-refractivity contribution >= 4 is 46.6 Å². The maximum atomic E-state index is 13.1. The van der Waals surface area contributed by atoms with Crippen LogP contribution in [0.4, 0.5) is 16.2 Å². The molecule has 0 radical (unpaired) electrons. The van der Waals surface area contributed by atoms with Crippen LogP contribution in [0.5, 0.6) is 5.75 Å². The number of benzene rings is 2. The summed E-state index contributed by atoms with van der Waals surface area (Å²) in [4.78, 5) is 34.3. The highest BCUT2D eigenvalue weighted by Gasteiger charge is 2.31. The molecule has 1 fully saturated rings. The van der Waals surface area contributed by atoms with Crippen molar-refractivity contribution in [3.05, 3.63) is 52.0 Å². The molecular formula is C37H54Cl2N4O4. The third-order valence-corrected chi connectivity index (χ3v) is 10.1. The van der Waals surface area contributed by atoms with Gasteiger partial charge in [-0.15, -0.1) is 0 Å². The van der Waals surface area contributed by atoms with Crippen molar-refractivity contribution in [2.45, 2.75) is 97.6 Å². The van der Waals surface area contributed by atoms with Gasteiger partial charge in [0.05, 0.1) is 28.0 Å². The van der Waals surface area contributed by atoms with Crippen LogP contribution in [0.1, 0.15) is 90.5 Å². The van der Waals surface area contributed by atoms with Crippen LogP contribution < -0.4 is 14.5 Å². The number of unbranched alkanes of at least 4 members (excludes halogenated alkanes) is 7. The van der Waals surface area contributed by atoms with E-state index >= 15 is 0 Å². The highest BCUT2D eigenvalue weighted by molar-refractivity contribution is 6.43. The number of ether oxygens (including phenoxy) is 2. The van der Waals surface area contributed by atoms with E-state index in [4.69, 9.17) is 32.7 Å². The molecule has 2 aliphatic heterocycles. The van der Waals surface area contributed by atoms with E-state index in [2.05, 4.69) is 16.7 Å². The first-order chi connectivity index (χ1) is 22.8. The van der Waals surface area contributed by atoms with Gasteiger partial charge in [-0.1, -0.05) is 80.8 Å². The zero-order valence-electron chi connectivity index (χ0n) is 28.7. The molecule has 0 aliphatic carbocycles. The van der Waals surface area contributed by atoms with Crippen molar-refractivity contribution in [3.8, 4) is 5.75 Å². The van der Waals surface area contributed by atoms with Gasteiger partial charge in [0.2, 0.25) is 5.91 Å². The van der Waals surface area contributed by atoms with Gasteiger partial charge in [-0.3, -0.25) is 14.6 Å². The molecule has 1 unspecified atom stereocenters. The molecule has 1 atom stereocenters. The number of nitrogens with zero attached hydrogens (tertiary/aromatic N) is 4. The fraction of sp³-hybridized carbons (Fsp3) is 0.622. The van der Waals surface area contributed by atoms with E-state index in [1.807, 2.05) is 43.3 Å². The van der Waals surface area contributed by atoms with E-state index in [1.165, 1.54) is 32.1 Å². The summed E-state index contributed by atoms with van der Waals surface area (Å²) >= 11 is 12.6. The lowest BCUT2D eigenvalue weighted by Crippen LogP contribution is -2.46. The third-order valence-electron chi connectivity index (χ3n) is 9.28. The van der Waals surface area contributed by atoms with E-state index in [-0.39, 0.29) is 12.0 Å². The van der Waals surface area contributed by atoms with Gasteiger partial charge < -0.3 is 19.3 Å². The van der Waals surface area contributed by atoms with Gasteiger partial charge in [0.15, 0.2) is 6.23 Å². The second-order valence-electron chi connectivity index (χ2n) is 12.7. The van der Waals surface area contributed by atoms with E-state index < -0.39 is 6.23 Å². The molecule has 0 bridgehead atoms. The first-order valence-electron chi connectivity index (χ1n) is 17.8. The number of fused-ring (bicyclic) bond motifs is 1. The Morgan fingerprint density at radius 3 is 2.38 bits per heavy atom. The number of amides is 2. The molecule has 8 nitrogen and oxygen atoms in total. The van der Waals surface area contributed by atoms with Crippen molar-refractivity contribution < 1.29 is 19.1 Å². The van der Waals surface area contributed by atoms with Crippen LogP contribution in [-0.4, -0.2) is 80.4 Å². The molecule has 1 saturated heterocycles. The molecule has 2 aliphatic rings. The lowest BCUT2D eigenvalue weighted by molar-refractivity contribution is -0.120. The van der Waals surface area contributed by atoms with Gasteiger partial charge in [-0.05, 0) is 69.8 Å². The molecule has 47 heavy (non-hydrogen) atoms. The molecule has 10 heteroatoms. The van der Waals surface area contributed by atoms with Crippen LogP contribution >= 0.6 is 23.2 Å². The van der Waals surface area contributed by atoms with Crippen molar-refractivity contribution in [3.63, 3.8) is 0 Å². The summed E-state index contributed by atoms with van der Waals surface area (Å²) in [5, 5.41) is 1.22. The fourth-order valence-corrected chi connectivity index (χ4v) is 6.87. The standard InChI is InChI=1S/C37H54Cl2N4O4/c1-4-6-7-8-9-10-11-22-41(5-2)37(45)47-29(3)43-34-28-31(19-17-30(34)18-20-35(43)44)46-27-13-12-21-40-23-25-42(26-24-40)33-16-14-15-32(38)36(33)39/h14-17,19,28-29H,4-13,18,20-27H2,1-3H3. The summed E-state index contributed by atoms with van der Waals surface area (Å²) in [6.07, 6.45) is 10.3. The van der Waals surface area contributed by atoms with Crippen molar-refractivity contribution in [1.29, 1.82) is 0 Å². The van der Waals surface area contributed by atoms with Crippen molar-refractivity contribution in [1.82, 2.24) is 9.80 Å². The van der Waals surface area contributed by atoms with Gasteiger partial charge in [-0.25, -0.2) is 4.79 Å². The number of aryl methyl sites for hydroxylation is 1. The molecular weight excluding hydrogens is 635 g/mol. The quantitative estimate of drug-likeness (QED) is 0.146. The van der Waals surface area contributed by atoms with Gasteiger partial charge in [0, 0.05) is 51.8 Å². The van der Waals surface area contributed by atoms with Crippen LogP contribution in [0.2, 0.25) is 10.0 Å². The predicted molar refractivity (Wildman–Crippen MR) is 193 cm³/mol. The largest absolute Gasteiger partial charge is 0.494 e. The van der Waals surface area contributed by atoms with Gasteiger partial charge >= 0.3 is 6.09 Å². The SMILES string of the molecule is CCCCCCCCCN(CC)C(=O)OC(C)N1C(=O)CCc2ccc(OCCCCN3CCN(c4cccc(Cl)c4Cl)CC3)cc21. The first-order valence-corrected chi connectivity index (χ1v) is 18.5. The summed E-state index contributed by atoms with van der Waals surface area (Å²) in [5.41, 5.74) is 2.84. The summed E-state index contributed by atoms with van der Waals surface area (Å²) < 4.78 is 12.0. The monoisotopic (exact) mass is 688 g/mol. The normalized spacial score (nSPS) is 15.8. The molecule has 2 heterocycles. The third kappa shape index (κ3) is 10.9. The van der Waals surface area contributed by atoms with E-state index in [9.17, 15) is 9.59 Å². The minimum atomic E-state index is -0.706. The van der Waals surface area contributed by atoms with Crippen LogP contribution in [0.25, 0.3) is 0 Å². The summed E-state index contributed by atoms with van der Waals surface area (Å²) in [6.45, 7) is 12.7. The number of anilines is 2. The number of carbonyl (C=O) groups excluding carboxylic acids is 2. The lowest BCUT2D eigenvalue weighted by Gasteiger charge is -2.36. The van der Waals surface area contributed by atoms with Gasteiger partial charge in [0.1, 0.15) is 5.75 Å². The average Bonchev–Trinajstić information content (AvgIpc) is 3.07. The Morgan fingerprint density at radius 1 is 0.894 bits per heavy atom.